The maximum Gasteiger partial charge on any atom is 0.310 e. The summed E-state index contributed by atoms with van der Waals surface area (Å²) in [4.78, 5) is 13.1. The Kier molecular flexibility index (Phi) is 10.4. The van der Waals surface area contributed by atoms with Gasteiger partial charge in [-0.15, -0.1) is 0 Å². The number of hydrogen-bond donors (Lipinski definition) is 7. The van der Waals surface area contributed by atoms with Gasteiger partial charge in [-0.1, -0.05) is 53.2 Å². The monoisotopic (exact) mass is 764 g/mol. The van der Waals surface area contributed by atoms with Gasteiger partial charge in [-0.25, -0.2) is 0 Å². The predicted molar refractivity (Wildman–Crippen MR) is 197 cm³/mol. The molecule has 0 aromatic carbocycles. The molecule has 0 amide bonds. The topological polar surface area (TPSA) is 196 Å². The highest BCUT2D eigenvalue weighted by molar-refractivity contribution is 5.76. The van der Waals surface area contributed by atoms with Gasteiger partial charge in [0.15, 0.2) is 12.6 Å². The average Bonchev–Trinajstić information content (AvgIpc) is 3.11. The number of allylic oxidation sites excluding steroid dienone is 2. The summed E-state index contributed by atoms with van der Waals surface area (Å²) in [6, 6.07) is 0. The molecule has 4 saturated carbocycles. The lowest BCUT2D eigenvalue weighted by atomic mass is 9.33. The second-order valence-corrected chi connectivity index (χ2v) is 20.5. The van der Waals surface area contributed by atoms with Crippen LogP contribution in [-0.2, 0) is 23.7 Å². The minimum Gasteiger partial charge on any atom is -0.481 e. The molecule has 0 unspecified atom stereocenters. The van der Waals surface area contributed by atoms with Gasteiger partial charge in [-0.2, -0.15) is 0 Å². The van der Waals surface area contributed by atoms with Crippen molar-refractivity contribution in [3.05, 3.63) is 11.6 Å². The number of aliphatic hydroxyl groups is 6. The van der Waals surface area contributed by atoms with Crippen LogP contribution in [0.3, 0.4) is 0 Å². The Morgan fingerprint density at radius 2 is 1.39 bits per heavy atom. The maximum absolute atomic E-state index is 13.1. The summed E-state index contributed by atoms with van der Waals surface area (Å²) in [5.74, 6) is -0.208. The molecule has 0 spiro atoms. The van der Waals surface area contributed by atoms with Crippen molar-refractivity contribution in [2.24, 2.45) is 50.2 Å². The van der Waals surface area contributed by atoms with E-state index < -0.39 is 84.3 Å². The standard InChI is InChI=1S/C42H68O12/c1-21-28(44)30(46)32(48)34(51-21)54-33-31(47)29(45)22(2)52-35(33)53-27-12-13-38(5)25(39(27,6)20-43)11-14-41(8)26(38)10-9-23-24-19-37(3,4)15-17-42(24,36(49)50)18-16-40(23,41)7/h9,21-22,24-35,43-48H,10-20H2,1-8H3,(H,49,50)/t21-,22-,24-,25+,26+,27-,28-,29+,30+,31-,32+,33+,34-,35-,38-,39-,40+,41+,42-/m0/s1. The van der Waals surface area contributed by atoms with Gasteiger partial charge in [0.2, 0.25) is 0 Å². The molecule has 0 aromatic heterocycles. The van der Waals surface area contributed by atoms with Crippen LogP contribution < -0.4 is 0 Å². The van der Waals surface area contributed by atoms with Crippen LogP contribution in [0.1, 0.15) is 120 Å². The van der Waals surface area contributed by atoms with E-state index in [0.29, 0.717) is 18.8 Å². The normalized spacial score (nSPS) is 55.7. The van der Waals surface area contributed by atoms with Crippen LogP contribution in [0.4, 0.5) is 0 Å². The molecule has 7 rings (SSSR count). The number of ether oxygens (including phenoxy) is 4. The first-order valence-corrected chi connectivity index (χ1v) is 20.7. The number of hydrogen-bond acceptors (Lipinski definition) is 11. The second kappa shape index (κ2) is 13.7. The zero-order valence-electron chi connectivity index (χ0n) is 33.6. The Bertz CT molecular complexity index is 1470. The highest BCUT2D eigenvalue weighted by Crippen LogP contribution is 2.76. The highest BCUT2D eigenvalue weighted by atomic mass is 16.8. The molecular weight excluding hydrogens is 696 g/mol. The second-order valence-electron chi connectivity index (χ2n) is 20.5. The van der Waals surface area contributed by atoms with E-state index in [0.717, 1.165) is 51.4 Å². The number of rotatable bonds is 6. The van der Waals surface area contributed by atoms with Crippen LogP contribution in [0, 0.1) is 50.2 Å². The SMILES string of the molecule is C[C@@H]1O[C@@H](O[C@H]2[C@H](O[C@H]3CC[C@@]4(C)[C@@H](CC[C@]5(C)[C@@H]4CC=C4[C@@H]6CC(C)(C)CC[C@]6(C(=O)O)CC[C@]45C)[C@]3(C)CO)O[C@@H](C)[C@@H](O)[C@@H]2O)[C@H](O)[C@H](O)[C@H]1O. The molecule has 54 heavy (non-hydrogen) atoms. The first kappa shape index (κ1) is 41.0. The van der Waals surface area contributed by atoms with Crippen LogP contribution in [0.5, 0.6) is 0 Å². The third kappa shape index (κ3) is 5.85. The summed E-state index contributed by atoms with van der Waals surface area (Å²) in [5.41, 5.74) is -0.270. The van der Waals surface area contributed by atoms with Gasteiger partial charge >= 0.3 is 5.97 Å². The molecule has 12 heteroatoms. The Hall–Kier alpha value is -1.19. The summed E-state index contributed by atoms with van der Waals surface area (Å²) in [7, 11) is 0. The van der Waals surface area contributed by atoms with Gasteiger partial charge in [0.1, 0.15) is 36.6 Å². The number of fused-ring (bicyclic) bond motifs is 7. The molecule has 5 aliphatic carbocycles. The third-order valence-corrected chi connectivity index (χ3v) is 17.3. The van der Waals surface area contributed by atoms with Crippen molar-refractivity contribution in [2.75, 3.05) is 6.61 Å². The van der Waals surface area contributed by atoms with E-state index >= 15 is 0 Å². The summed E-state index contributed by atoms with van der Waals surface area (Å²) in [5, 5.41) is 75.5. The number of carbonyl (C=O) groups is 1. The number of aliphatic hydroxyl groups excluding tert-OH is 6. The molecule has 2 saturated heterocycles. The number of aliphatic carboxylic acids is 1. The summed E-state index contributed by atoms with van der Waals surface area (Å²) in [6.45, 7) is 17.0. The van der Waals surface area contributed by atoms with Crippen molar-refractivity contribution in [2.45, 2.75) is 187 Å². The van der Waals surface area contributed by atoms with Crippen LogP contribution in [-0.4, -0.2) is 116 Å². The lowest BCUT2D eigenvalue weighted by Gasteiger charge is -2.71. The molecule has 0 aromatic rings. The van der Waals surface area contributed by atoms with Crippen LogP contribution in [0.25, 0.3) is 0 Å². The Morgan fingerprint density at radius 1 is 0.759 bits per heavy atom. The highest BCUT2D eigenvalue weighted by Gasteiger charge is 2.70. The van der Waals surface area contributed by atoms with Crippen molar-refractivity contribution in [3.63, 3.8) is 0 Å². The van der Waals surface area contributed by atoms with Crippen molar-refractivity contribution in [3.8, 4) is 0 Å². The minimum absolute atomic E-state index is 0.0335. The van der Waals surface area contributed by atoms with E-state index in [9.17, 15) is 40.5 Å². The molecule has 7 N–H and O–H groups in total. The Balaban J connectivity index is 1.16. The fraction of sp³-hybridized carbons (Fsp3) is 0.929. The van der Waals surface area contributed by atoms with Gasteiger partial charge in [0.25, 0.3) is 0 Å². The molecule has 2 aliphatic heterocycles. The summed E-state index contributed by atoms with van der Waals surface area (Å²) < 4.78 is 24.7. The smallest absolute Gasteiger partial charge is 0.310 e. The molecule has 19 atom stereocenters. The van der Waals surface area contributed by atoms with Gasteiger partial charge in [-0.3, -0.25) is 4.79 Å². The van der Waals surface area contributed by atoms with Crippen LogP contribution >= 0.6 is 0 Å². The largest absolute Gasteiger partial charge is 0.481 e. The van der Waals surface area contributed by atoms with E-state index in [4.69, 9.17) is 18.9 Å². The van der Waals surface area contributed by atoms with E-state index in [-0.39, 0.29) is 40.1 Å². The third-order valence-electron chi connectivity index (χ3n) is 17.3. The molecule has 6 fully saturated rings. The molecule has 0 bridgehead atoms. The first-order valence-electron chi connectivity index (χ1n) is 20.7. The molecule has 12 nitrogen and oxygen atoms in total. The van der Waals surface area contributed by atoms with E-state index in [1.165, 1.54) is 12.5 Å². The zero-order chi connectivity index (χ0) is 39.6. The minimum atomic E-state index is -1.63. The Labute approximate surface area is 320 Å². The van der Waals surface area contributed by atoms with Crippen molar-refractivity contribution >= 4 is 5.97 Å². The lowest BCUT2D eigenvalue weighted by molar-refractivity contribution is -0.374. The van der Waals surface area contributed by atoms with Crippen molar-refractivity contribution in [1.82, 2.24) is 0 Å². The molecular formula is C42H68O12. The van der Waals surface area contributed by atoms with Crippen LogP contribution in [0.2, 0.25) is 0 Å². The average molecular weight is 765 g/mol. The maximum atomic E-state index is 13.1. The van der Waals surface area contributed by atoms with Crippen molar-refractivity contribution < 1.29 is 59.5 Å². The molecule has 308 valence electrons. The van der Waals surface area contributed by atoms with Crippen molar-refractivity contribution in [1.29, 1.82) is 0 Å². The quantitative estimate of drug-likeness (QED) is 0.153. The van der Waals surface area contributed by atoms with E-state index in [1.54, 1.807) is 6.92 Å². The van der Waals surface area contributed by atoms with Gasteiger partial charge in [-0.05, 0) is 117 Å². The Morgan fingerprint density at radius 3 is 2.04 bits per heavy atom. The lowest BCUT2D eigenvalue weighted by Crippen LogP contribution is -2.67. The van der Waals surface area contributed by atoms with E-state index in [1.807, 2.05) is 0 Å². The number of carboxylic acid groups (broad SMARTS) is 1. The van der Waals surface area contributed by atoms with Gasteiger partial charge < -0.3 is 54.7 Å². The molecule has 2 heterocycles. The summed E-state index contributed by atoms with van der Waals surface area (Å²) >= 11 is 0. The summed E-state index contributed by atoms with van der Waals surface area (Å²) in [6.07, 6.45) is -2.76. The number of carboxylic acids is 1. The fourth-order valence-electron chi connectivity index (χ4n) is 13.6. The van der Waals surface area contributed by atoms with Gasteiger partial charge in [0, 0.05) is 5.41 Å². The fourth-order valence-corrected chi connectivity index (χ4v) is 13.6. The van der Waals surface area contributed by atoms with Gasteiger partial charge in [0.05, 0.1) is 30.3 Å². The molecule has 0 radical (unpaired) electrons. The predicted octanol–water partition coefficient (Wildman–Crippen LogP) is 3.91. The molecule has 7 aliphatic rings. The first-order chi connectivity index (χ1) is 25.1. The zero-order valence-corrected chi connectivity index (χ0v) is 33.6. The van der Waals surface area contributed by atoms with Crippen LogP contribution in [0.15, 0.2) is 11.6 Å². The van der Waals surface area contributed by atoms with E-state index in [2.05, 4.69) is 47.6 Å².